The first-order valence-electron chi connectivity index (χ1n) is 6.77. The van der Waals surface area contributed by atoms with Crippen LogP contribution in [0, 0.1) is 13.8 Å². The first kappa shape index (κ1) is 15.4. The highest BCUT2D eigenvalue weighted by Crippen LogP contribution is 2.25. The number of nitrogens with two attached hydrogens (primary N) is 1. The van der Waals surface area contributed by atoms with Gasteiger partial charge in [-0.25, -0.2) is 8.42 Å². The quantitative estimate of drug-likeness (QED) is 0.886. The SMILES string of the molecule is CCCn1cc(S(=O)(=O)Nc2c(C)cccc2C)c(N)n1. The maximum atomic E-state index is 12.5. The molecule has 0 amide bonds. The number of benzene rings is 1. The maximum Gasteiger partial charge on any atom is 0.267 e. The molecule has 0 radical (unpaired) electrons. The molecule has 0 saturated heterocycles. The van der Waals surface area contributed by atoms with Gasteiger partial charge in [-0.1, -0.05) is 25.1 Å². The lowest BCUT2D eigenvalue weighted by molar-refractivity contribution is 0.595. The van der Waals surface area contributed by atoms with Crippen molar-refractivity contribution < 1.29 is 8.42 Å². The van der Waals surface area contributed by atoms with Crippen LogP contribution < -0.4 is 10.5 Å². The van der Waals surface area contributed by atoms with Crippen LogP contribution in [0.5, 0.6) is 0 Å². The van der Waals surface area contributed by atoms with Crippen LogP contribution in [0.3, 0.4) is 0 Å². The van der Waals surface area contributed by atoms with Gasteiger partial charge in [-0.2, -0.15) is 5.10 Å². The van der Waals surface area contributed by atoms with Gasteiger partial charge in [-0.05, 0) is 31.4 Å². The lowest BCUT2D eigenvalue weighted by Crippen LogP contribution is -2.15. The summed E-state index contributed by atoms with van der Waals surface area (Å²) < 4.78 is 29.2. The fraction of sp³-hybridized carbons (Fsp3) is 0.357. The maximum absolute atomic E-state index is 12.5. The fourth-order valence-corrected chi connectivity index (χ4v) is 3.41. The first-order chi connectivity index (χ1) is 9.85. The average Bonchev–Trinajstić information content (AvgIpc) is 2.76. The Hall–Kier alpha value is -2.02. The molecule has 7 heteroatoms. The predicted molar refractivity (Wildman–Crippen MR) is 83.7 cm³/mol. The molecule has 21 heavy (non-hydrogen) atoms. The van der Waals surface area contributed by atoms with E-state index in [0.29, 0.717) is 12.2 Å². The van der Waals surface area contributed by atoms with E-state index in [1.54, 1.807) is 4.68 Å². The minimum Gasteiger partial charge on any atom is -0.381 e. The molecule has 1 heterocycles. The van der Waals surface area contributed by atoms with Crippen LogP contribution in [0.2, 0.25) is 0 Å². The zero-order valence-electron chi connectivity index (χ0n) is 12.4. The van der Waals surface area contributed by atoms with Crippen molar-refractivity contribution in [1.82, 2.24) is 9.78 Å². The molecule has 114 valence electrons. The van der Waals surface area contributed by atoms with Crippen molar-refractivity contribution >= 4 is 21.5 Å². The Morgan fingerprint density at radius 3 is 2.48 bits per heavy atom. The van der Waals surface area contributed by atoms with Gasteiger partial charge in [-0.3, -0.25) is 9.40 Å². The third-order valence-electron chi connectivity index (χ3n) is 3.21. The lowest BCUT2D eigenvalue weighted by atomic mass is 10.1. The summed E-state index contributed by atoms with van der Waals surface area (Å²) in [5.74, 6) is 0.0159. The molecule has 2 aromatic rings. The van der Waals surface area contributed by atoms with E-state index in [1.807, 2.05) is 39.0 Å². The van der Waals surface area contributed by atoms with Crippen LogP contribution in [0.25, 0.3) is 0 Å². The minimum atomic E-state index is -3.74. The number of sulfonamides is 1. The second-order valence-electron chi connectivity index (χ2n) is 5.01. The van der Waals surface area contributed by atoms with Gasteiger partial charge in [-0.15, -0.1) is 0 Å². The number of hydrogen-bond acceptors (Lipinski definition) is 4. The van der Waals surface area contributed by atoms with Crippen LogP contribution in [-0.4, -0.2) is 18.2 Å². The van der Waals surface area contributed by atoms with Crippen molar-refractivity contribution in [3.63, 3.8) is 0 Å². The smallest absolute Gasteiger partial charge is 0.267 e. The van der Waals surface area contributed by atoms with Crippen molar-refractivity contribution in [2.75, 3.05) is 10.5 Å². The van der Waals surface area contributed by atoms with Gasteiger partial charge in [0.25, 0.3) is 10.0 Å². The summed E-state index contributed by atoms with van der Waals surface area (Å²) in [6.07, 6.45) is 2.32. The Balaban J connectivity index is 2.39. The molecule has 2 rings (SSSR count). The van der Waals surface area contributed by atoms with Crippen molar-refractivity contribution in [3.05, 3.63) is 35.5 Å². The zero-order chi connectivity index (χ0) is 15.6. The second kappa shape index (κ2) is 5.77. The Morgan fingerprint density at radius 2 is 1.90 bits per heavy atom. The fourth-order valence-electron chi connectivity index (χ4n) is 2.13. The van der Waals surface area contributed by atoms with Gasteiger partial charge < -0.3 is 5.73 Å². The van der Waals surface area contributed by atoms with Crippen molar-refractivity contribution in [3.8, 4) is 0 Å². The molecule has 0 fully saturated rings. The molecule has 0 saturated carbocycles. The first-order valence-corrected chi connectivity index (χ1v) is 8.25. The summed E-state index contributed by atoms with van der Waals surface area (Å²) in [5.41, 5.74) is 8.04. The molecule has 0 aliphatic rings. The highest BCUT2D eigenvalue weighted by Gasteiger charge is 2.22. The van der Waals surface area contributed by atoms with Gasteiger partial charge in [0.05, 0.1) is 5.69 Å². The van der Waals surface area contributed by atoms with Crippen LogP contribution in [0.1, 0.15) is 24.5 Å². The third-order valence-corrected chi connectivity index (χ3v) is 4.58. The van der Waals surface area contributed by atoms with Crippen molar-refractivity contribution in [2.24, 2.45) is 0 Å². The number of hydrogen-bond donors (Lipinski definition) is 2. The molecule has 0 unspecified atom stereocenters. The summed E-state index contributed by atoms with van der Waals surface area (Å²) in [6.45, 7) is 6.33. The van der Waals surface area contributed by atoms with Gasteiger partial charge in [0.1, 0.15) is 4.90 Å². The van der Waals surface area contributed by atoms with Gasteiger partial charge in [0.2, 0.25) is 0 Å². The number of nitrogen functional groups attached to an aromatic ring is 1. The number of anilines is 2. The summed E-state index contributed by atoms with van der Waals surface area (Å²) in [6, 6.07) is 5.60. The molecule has 1 aromatic carbocycles. The zero-order valence-corrected chi connectivity index (χ0v) is 13.2. The molecule has 0 aliphatic heterocycles. The standard InChI is InChI=1S/C14H20N4O2S/c1-4-8-18-9-12(14(15)16-18)21(19,20)17-13-10(2)6-5-7-11(13)3/h5-7,9,17H,4,8H2,1-3H3,(H2,15,16). The molecule has 0 spiro atoms. The minimum absolute atomic E-state index is 0.0126. The molecule has 0 aliphatic carbocycles. The van der Waals surface area contributed by atoms with Crippen LogP contribution in [0.15, 0.2) is 29.3 Å². The van der Waals surface area contributed by atoms with E-state index in [1.165, 1.54) is 6.20 Å². The van der Waals surface area contributed by atoms with E-state index < -0.39 is 10.0 Å². The topological polar surface area (TPSA) is 90.0 Å². The van der Waals surface area contributed by atoms with Gasteiger partial charge >= 0.3 is 0 Å². The van der Waals surface area contributed by atoms with E-state index >= 15 is 0 Å². The normalized spacial score (nSPS) is 11.6. The Morgan fingerprint density at radius 1 is 1.29 bits per heavy atom. The molecule has 6 nitrogen and oxygen atoms in total. The number of para-hydroxylation sites is 1. The van der Waals surface area contributed by atoms with E-state index in [9.17, 15) is 8.42 Å². The highest BCUT2D eigenvalue weighted by molar-refractivity contribution is 7.92. The number of aromatic nitrogens is 2. The third kappa shape index (κ3) is 3.18. The average molecular weight is 308 g/mol. The van der Waals surface area contributed by atoms with Crippen LogP contribution >= 0.6 is 0 Å². The van der Waals surface area contributed by atoms with Gasteiger partial charge in [0.15, 0.2) is 5.82 Å². The Kier molecular flexibility index (Phi) is 4.22. The summed E-state index contributed by atoms with van der Waals surface area (Å²) >= 11 is 0. The van der Waals surface area contributed by atoms with Crippen LogP contribution in [0.4, 0.5) is 11.5 Å². The van der Waals surface area contributed by atoms with E-state index in [-0.39, 0.29) is 10.7 Å². The number of aryl methyl sites for hydroxylation is 3. The van der Waals surface area contributed by atoms with E-state index in [4.69, 9.17) is 5.73 Å². The summed E-state index contributed by atoms with van der Waals surface area (Å²) in [7, 11) is -3.74. The number of nitrogens with zero attached hydrogens (tertiary/aromatic N) is 2. The number of nitrogens with one attached hydrogen (secondary N) is 1. The molecule has 1 aromatic heterocycles. The molecule has 0 bridgehead atoms. The van der Waals surface area contributed by atoms with E-state index in [2.05, 4.69) is 9.82 Å². The van der Waals surface area contributed by atoms with Crippen molar-refractivity contribution in [1.29, 1.82) is 0 Å². The van der Waals surface area contributed by atoms with Crippen LogP contribution in [-0.2, 0) is 16.6 Å². The lowest BCUT2D eigenvalue weighted by Gasteiger charge is -2.12. The summed E-state index contributed by atoms with van der Waals surface area (Å²) in [5, 5.41) is 4.03. The molecular formula is C14H20N4O2S. The van der Waals surface area contributed by atoms with E-state index in [0.717, 1.165) is 17.5 Å². The molecule has 0 atom stereocenters. The predicted octanol–water partition coefficient (Wildman–Crippen LogP) is 2.29. The van der Waals surface area contributed by atoms with Gasteiger partial charge in [0, 0.05) is 12.7 Å². The highest BCUT2D eigenvalue weighted by atomic mass is 32.2. The summed E-state index contributed by atoms with van der Waals surface area (Å²) in [4.78, 5) is 0.0126. The second-order valence-corrected chi connectivity index (χ2v) is 6.66. The molecular weight excluding hydrogens is 288 g/mol. The number of rotatable bonds is 5. The van der Waals surface area contributed by atoms with Crippen molar-refractivity contribution in [2.45, 2.75) is 38.6 Å². The monoisotopic (exact) mass is 308 g/mol. The Bertz CT molecular complexity index is 730. The largest absolute Gasteiger partial charge is 0.381 e. The Labute approximate surface area is 125 Å². The molecule has 3 N–H and O–H groups in total.